The topological polar surface area (TPSA) is 55.4 Å². The summed E-state index contributed by atoms with van der Waals surface area (Å²) in [5.41, 5.74) is 7.49. The maximum atomic E-state index is 11.2. The van der Waals surface area contributed by atoms with Gasteiger partial charge in [0.25, 0.3) is 0 Å². The van der Waals surface area contributed by atoms with Gasteiger partial charge < -0.3 is 5.73 Å². The molecule has 3 nitrogen and oxygen atoms in total. The summed E-state index contributed by atoms with van der Waals surface area (Å²) in [6, 6.07) is 7.51. The molecule has 0 aliphatic rings. The van der Waals surface area contributed by atoms with Crippen LogP contribution in [0.1, 0.15) is 17.5 Å². The Labute approximate surface area is 107 Å². The summed E-state index contributed by atoms with van der Waals surface area (Å²) in [5, 5.41) is 0. The van der Waals surface area contributed by atoms with Crippen LogP contribution in [0.3, 0.4) is 0 Å². The SMILES string of the molecule is CSCC[C@H](N=Cc1ccccc1C)C(N)=O. The summed E-state index contributed by atoms with van der Waals surface area (Å²) in [6.45, 7) is 2.02. The van der Waals surface area contributed by atoms with Gasteiger partial charge in [0.2, 0.25) is 5.91 Å². The van der Waals surface area contributed by atoms with E-state index in [9.17, 15) is 4.79 Å². The van der Waals surface area contributed by atoms with Crippen molar-refractivity contribution in [3.8, 4) is 0 Å². The second-order valence-corrected chi connectivity index (χ2v) is 4.82. The molecule has 0 saturated carbocycles. The number of carbonyl (C=O) groups is 1. The zero-order valence-corrected chi connectivity index (χ0v) is 11.0. The molecule has 92 valence electrons. The molecule has 1 amide bonds. The zero-order chi connectivity index (χ0) is 12.7. The van der Waals surface area contributed by atoms with Gasteiger partial charge >= 0.3 is 0 Å². The number of nitrogens with zero attached hydrogens (tertiary/aromatic N) is 1. The smallest absolute Gasteiger partial charge is 0.242 e. The van der Waals surface area contributed by atoms with Crippen LogP contribution in [0.25, 0.3) is 0 Å². The van der Waals surface area contributed by atoms with E-state index >= 15 is 0 Å². The largest absolute Gasteiger partial charge is 0.368 e. The van der Waals surface area contributed by atoms with Crippen molar-refractivity contribution in [1.82, 2.24) is 0 Å². The number of rotatable bonds is 6. The summed E-state index contributed by atoms with van der Waals surface area (Å²) < 4.78 is 0. The summed E-state index contributed by atoms with van der Waals surface area (Å²) in [5.74, 6) is 0.530. The summed E-state index contributed by atoms with van der Waals surface area (Å²) in [4.78, 5) is 15.5. The first-order chi connectivity index (χ1) is 8.15. The molecule has 2 N–H and O–H groups in total. The number of hydrogen-bond donors (Lipinski definition) is 1. The maximum Gasteiger partial charge on any atom is 0.242 e. The van der Waals surface area contributed by atoms with Gasteiger partial charge in [0, 0.05) is 6.21 Å². The fourth-order valence-corrected chi connectivity index (χ4v) is 1.88. The number of hydrogen-bond acceptors (Lipinski definition) is 3. The Morgan fingerprint density at radius 2 is 2.24 bits per heavy atom. The third kappa shape index (κ3) is 4.61. The third-order valence-corrected chi connectivity index (χ3v) is 3.15. The number of primary amides is 1. The Morgan fingerprint density at radius 3 is 2.82 bits per heavy atom. The lowest BCUT2D eigenvalue weighted by Crippen LogP contribution is -2.27. The van der Waals surface area contributed by atoms with Gasteiger partial charge in [0.1, 0.15) is 6.04 Å². The van der Waals surface area contributed by atoms with Crippen LogP contribution in [-0.4, -0.2) is 30.2 Å². The van der Waals surface area contributed by atoms with Crippen molar-refractivity contribution in [2.45, 2.75) is 19.4 Å². The van der Waals surface area contributed by atoms with Crippen LogP contribution in [0.15, 0.2) is 29.3 Å². The van der Waals surface area contributed by atoms with Crippen molar-refractivity contribution in [2.75, 3.05) is 12.0 Å². The third-order valence-electron chi connectivity index (χ3n) is 2.51. The molecule has 0 aliphatic carbocycles. The van der Waals surface area contributed by atoms with E-state index in [1.165, 1.54) is 0 Å². The van der Waals surface area contributed by atoms with Crippen LogP contribution < -0.4 is 5.73 Å². The Morgan fingerprint density at radius 1 is 1.53 bits per heavy atom. The molecule has 4 heteroatoms. The molecule has 0 unspecified atom stereocenters. The molecule has 0 saturated heterocycles. The van der Waals surface area contributed by atoms with E-state index < -0.39 is 6.04 Å². The van der Waals surface area contributed by atoms with Crippen LogP contribution in [0.2, 0.25) is 0 Å². The monoisotopic (exact) mass is 250 g/mol. The Kier molecular flexibility index (Phi) is 5.77. The highest BCUT2D eigenvalue weighted by molar-refractivity contribution is 7.98. The summed E-state index contributed by atoms with van der Waals surface area (Å²) >= 11 is 1.69. The average Bonchev–Trinajstić information content (AvgIpc) is 2.31. The quantitative estimate of drug-likeness (QED) is 0.785. The lowest BCUT2D eigenvalue weighted by molar-refractivity contribution is -0.119. The molecule has 1 aromatic rings. The number of aliphatic imine (C=N–C) groups is 1. The number of carbonyl (C=O) groups excluding carboxylic acids is 1. The molecule has 1 aromatic carbocycles. The highest BCUT2D eigenvalue weighted by Crippen LogP contribution is 2.07. The van der Waals surface area contributed by atoms with Gasteiger partial charge in [0.05, 0.1) is 0 Å². The van der Waals surface area contributed by atoms with E-state index in [4.69, 9.17) is 5.73 Å². The van der Waals surface area contributed by atoms with Crippen molar-refractivity contribution < 1.29 is 4.79 Å². The number of benzene rings is 1. The average molecular weight is 250 g/mol. The lowest BCUT2D eigenvalue weighted by Gasteiger charge is -2.07. The van der Waals surface area contributed by atoms with Gasteiger partial charge in [-0.3, -0.25) is 9.79 Å². The maximum absolute atomic E-state index is 11.2. The summed E-state index contributed by atoms with van der Waals surface area (Å²) in [6.07, 6.45) is 4.44. The fourth-order valence-electron chi connectivity index (χ4n) is 1.42. The van der Waals surface area contributed by atoms with E-state index in [2.05, 4.69) is 4.99 Å². The fraction of sp³-hybridized carbons (Fsp3) is 0.385. The van der Waals surface area contributed by atoms with Gasteiger partial charge in [-0.2, -0.15) is 11.8 Å². The van der Waals surface area contributed by atoms with E-state index in [0.29, 0.717) is 6.42 Å². The minimum absolute atomic E-state index is 0.358. The number of thioether (sulfide) groups is 1. The van der Waals surface area contributed by atoms with Gasteiger partial charge in [-0.1, -0.05) is 24.3 Å². The predicted octanol–water partition coefficient (Wildman–Crippen LogP) is 2.02. The molecule has 0 fully saturated rings. The van der Waals surface area contributed by atoms with Crippen molar-refractivity contribution in [3.05, 3.63) is 35.4 Å². The van der Waals surface area contributed by atoms with Gasteiger partial charge in [-0.25, -0.2) is 0 Å². The zero-order valence-electron chi connectivity index (χ0n) is 10.2. The molecule has 0 spiro atoms. The normalized spacial score (nSPS) is 12.8. The molecule has 1 atom stereocenters. The molecule has 0 heterocycles. The Hall–Kier alpha value is -1.29. The number of aryl methyl sites for hydroxylation is 1. The molecular formula is C13H18N2OS. The summed E-state index contributed by atoms with van der Waals surface area (Å²) in [7, 11) is 0. The van der Waals surface area contributed by atoms with E-state index in [0.717, 1.165) is 16.9 Å². The van der Waals surface area contributed by atoms with Crippen LogP contribution in [0, 0.1) is 6.92 Å². The highest BCUT2D eigenvalue weighted by atomic mass is 32.2. The molecular weight excluding hydrogens is 232 g/mol. The van der Waals surface area contributed by atoms with Gasteiger partial charge in [0.15, 0.2) is 0 Å². The first kappa shape index (κ1) is 13.8. The minimum Gasteiger partial charge on any atom is -0.368 e. The molecule has 17 heavy (non-hydrogen) atoms. The number of nitrogens with two attached hydrogens (primary N) is 1. The standard InChI is InChI=1S/C13H18N2OS/c1-10-5-3-4-6-11(10)9-15-12(13(14)16)7-8-17-2/h3-6,9,12H,7-8H2,1-2H3,(H2,14,16)/t12-/m0/s1. The molecule has 0 aliphatic heterocycles. The van der Waals surface area contributed by atoms with Crippen LogP contribution in [-0.2, 0) is 4.79 Å². The van der Waals surface area contributed by atoms with E-state index in [1.54, 1.807) is 18.0 Å². The Balaban J connectivity index is 2.72. The van der Waals surface area contributed by atoms with Crippen molar-refractivity contribution in [1.29, 1.82) is 0 Å². The van der Waals surface area contributed by atoms with Crippen molar-refractivity contribution in [3.63, 3.8) is 0 Å². The Bertz CT molecular complexity index is 404. The van der Waals surface area contributed by atoms with Crippen molar-refractivity contribution >= 4 is 23.9 Å². The first-order valence-corrected chi connectivity index (χ1v) is 6.91. The van der Waals surface area contributed by atoms with Crippen LogP contribution in [0.4, 0.5) is 0 Å². The minimum atomic E-state index is -0.415. The van der Waals surface area contributed by atoms with Crippen LogP contribution in [0.5, 0.6) is 0 Å². The van der Waals surface area contributed by atoms with Gasteiger partial charge in [-0.05, 0) is 36.5 Å². The highest BCUT2D eigenvalue weighted by Gasteiger charge is 2.11. The lowest BCUT2D eigenvalue weighted by atomic mass is 10.1. The molecule has 1 rings (SSSR count). The van der Waals surface area contributed by atoms with Gasteiger partial charge in [-0.15, -0.1) is 0 Å². The molecule has 0 radical (unpaired) electrons. The number of amides is 1. The molecule has 0 bridgehead atoms. The van der Waals surface area contributed by atoms with Crippen LogP contribution >= 0.6 is 11.8 Å². The first-order valence-electron chi connectivity index (χ1n) is 5.52. The van der Waals surface area contributed by atoms with E-state index in [1.807, 2.05) is 37.4 Å². The van der Waals surface area contributed by atoms with Crippen molar-refractivity contribution in [2.24, 2.45) is 10.7 Å². The second kappa shape index (κ2) is 7.12. The predicted molar refractivity (Wildman–Crippen MR) is 74.8 cm³/mol. The molecule has 0 aromatic heterocycles. The van der Waals surface area contributed by atoms with E-state index in [-0.39, 0.29) is 5.91 Å². The second-order valence-electron chi connectivity index (χ2n) is 3.83.